The Morgan fingerprint density at radius 2 is 1.67 bits per heavy atom. The summed E-state index contributed by atoms with van der Waals surface area (Å²) in [6, 6.07) is 11.0. The van der Waals surface area contributed by atoms with E-state index >= 15 is 0 Å². The van der Waals surface area contributed by atoms with Crippen LogP contribution in [0, 0.1) is 17.7 Å². The monoisotopic (exact) mass is 367 g/mol. The lowest BCUT2D eigenvalue weighted by atomic mass is 10.1. The summed E-state index contributed by atoms with van der Waals surface area (Å²) in [5.41, 5.74) is 12.1. The lowest BCUT2D eigenvalue weighted by Crippen LogP contribution is -2.53. The first-order valence-electron chi connectivity index (χ1n) is 8.11. The molecule has 2 aromatic rings. The van der Waals surface area contributed by atoms with Gasteiger partial charge in [0.25, 0.3) is 5.91 Å². The molecule has 0 saturated carbocycles. The Balaban J connectivity index is 0.00000176. The second-order valence-corrected chi connectivity index (χ2v) is 5.52. The minimum absolute atomic E-state index is 0.297. The molecule has 0 fully saturated rings. The molecule has 0 radical (unpaired) electrons. The Hall–Kier alpha value is -3.43. The molecule has 0 heterocycles. The van der Waals surface area contributed by atoms with E-state index in [-0.39, 0.29) is 5.82 Å². The van der Waals surface area contributed by atoms with Gasteiger partial charge in [-0.15, -0.1) is 13.2 Å². The summed E-state index contributed by atoms with van der Waals surface area (Å²) in [5, 5.41) is 2.49. The number of amides is 2. The van der Waals surface area contributed by atoms with E-state index in [0.717, 1.165) is 0 Å². The third-order valence-electron chi connectivity index (χ3n) is 3.48. The highest BCUT2D eigenvalue weighted by Gasteiger charge is 2.22. The molecule has 140 valence electrons. The standard InChI is InChI=1S/C19H18FN3O2.C2H4/c1-12(21)17(18(22)24)23-19(25)15-10-7-13(8-11-15)6-9-14-4-2-3-5-16(14)20;1-2/h2-5,7-8,10-12,17H,21H2,1H3,(H2,22,24)(H,23,25);1-2H2. The summed E-state index contributed by atoms with van der Waals surface area (Å²) in [6.45, 7) is 7.58. The average Bonchev–Trinajstić information content (AvgIpc) is 2.66. The number of rotatable bonds is 4. The Bertz CT molecular complexity index is 852. The van der Waals surface area contributed by atoms with Crippen molar-refractivity contribution in [2.45, 2.75) is 19.0 Å². The second-order valence-electron chi connectivity index (χ2n) is 5.52. The minimum Gasteiger partial charge on any atom is -0.368 e. The number of hydrogen-bond donors (Lipinski definition) is 3. The van der Waals surface area contributed by atoms with Crippen LogP contribution < -0.4 is 16.8 Å². The van der Waals surface area contributed by atoms with Crippen LogP contribution in [0.3, 0.4) is 0 Å². The summed E-state index contributed by atoms with van der Waals surface area (Å²) in [5.74, 6) is 4.01. The number of carbonyl (C=O) groups excluding carboxylic acids is 2. The quantitative estimate of drug-likeness (QED) is 0.569. The SMILES string of the molecule is C=C.CC(N)C(NC(=O)c1ccc(C#Cc2ccccc2F)cc1)C(N)=O. The van der Waals surface area contributed by atoms with Gasteiger partial charge in [0.15, 0.2) is 0 Å². The van der Waals surface area contributed by atoms with Crippen molar-refractivity contribution in [3.63, 3.8) is 0 Å². The lowest BCUT2D eigenvalue weighted by molar-refractivity contribution is -0.120. The second kappa shape index (κ2) is 10.5. The first-order valence-corrected chi connectivity index (χ1v) is 8.11. The predicted octanol–water partition coefficient (Wildman–Crippen LogP) is 1.96. The van der Waals surface area contributed by atoms with Crippen LogP contribution in [0.5, 0.6) is 0 Å². The molecular weight excluding hydrogens is 345 g/mol. The molecule has 2 rings (SSSR count). The van der Waals surface area contributed by atoms with Crippen molar-refractivity contribution in [3.05, 3.63) is 84.2 Å². The van der Waals surface area contributed by atoms with Crippen molar-refractivity contribution in [2.24, 2.45) is 11.5 Å². The molecule has 2 aromatic carbocycles. The van der Waals surface area contributed by atoms with E-state index < -0.39 is 23.9 Å². The highest BCUT2D eigenvalue weighted by molar-refractivity contribution is 5.97. The topological polar surface area (TPSA) is 98.2 Å². The van der Waals surface area contributed by atoms with E-state index in [0.29, 0.717) is 16.7 Å². The van der Waals surface area contributed by atoms with Crippen LogP contribution >= 0.6 is 0 Å². The van der Waals surface area contributed by atoms with E-state index in [9.17, 15) is 14.0 Å². The van der Waals surface area contributed by atoms with Crippen LogP contribution in [0.25, 0.3) is 0 Å². The number of carbonyl (C=O) groups is 2. The maximum atomic E-state index is 13.5. The van der Waals surface area contributed by atoms with Gasteiger partial charge in [0.05, 0.1) is 5.56 Å². The van der Waals surface area contributed by atoms with Gasteiger partial charge < -0.3 is 16.8 Å². The van der Waals surface area contributed by atoms with Gasteiger partial charge in [-0.2, -0.15) is 0 Å². The zero-order chi connectivity index (χ0) is 20.4. The Kier molecular flexibility index (Phi) is 8.43. The number of hydrogen-bond acceptors (Lipinski definition) is 3. The first-order chi connectivity index (χ1) is 12.9. The van der Waals surface area contributed by atoms with Crippen molar-refractivity contribution in [1.29, 1.82) is 0 Å². The van der Waals surface area contributed by atoms with Gasteiger partial charge in [-0.1, -0.05) is 24.0 Å². The van der Waals surface area contributed by atoms with Crippen LogP contribution in [0.15, 0.2) is 61.7 Å². The highest BCUT2D eigenvalue weighted by Crippen LogP contribution is 2.07. The fraction of sp³-hybridized carbons (Fsp3) is 0.143. The summed E-state index contributed by atoms with van der Waals surface area (Å²) >= 11 is 0. The van der Waals surface area contributed by atoms with Crippen molar-refractivity contribution < 1.29 is 14.0 Å². The fourth-order valence-corrected chi connectivity index (χ4v) is 2.09. The largest absolute Gasteiger partial charge is 0.368 e. The van der Waals surface area contributed by atoms with Gasteiger partial charge in [-0.25, -0.2) is 4.39 Å². The van der Waals surface area contributed by atoms with E-state index in [1.807, 2.05) is 0 Å². The Labute approximate surface area is 158 Å². The normalized spacial score (nSPS) is 11.7. The lowest BCUT2D eigenvalue weighted by Gasteiger charge is -2.18. The fourth-order valence-electron chi connectivity index (χ4n) is 2.09. The van der Waals surface area contributed by atoms with Crippen LogP contribution in [-0.4, -0.2) is 23.9 Å². The zero-order valence-electron chi connectivity index (χ0n) is 15.0. The molecule has 0 aromatic heterocycles. The van der Waals surface area contributed by atoms with Crippen LogP contribution in [0.4, 0.5) is 4.39 Å². The number of nitrogens with two attached hydrogens (primary N) is 2. The van der Waals surface area contributed by atoms with Crippen LogP contribution in [0.2, 0.25) is 0 Å². The highest BCUT2D eigenvalue weighted by atomic mass is 19.1. The molecule has 0 aliphatic carbocycles. The van der Waals surface area contributed by atoms with Crippen LogP contribution in [-0.2, 0) is 4.79 Å². The molecular formula is C21H22FN3O2. The molecule has 27 heavy (non-hydrogen) atoms. The van der Waals surface area contributed by atoms with Gasteiger partial charge in [0.2, 0.25) is 5.91 Å². The van der Waals surface area contributed by atoms with Crippen molar-refractivity contribution >= 4 is 11.8 Å². The van der Waals surface area contributed by atoms with Crippen molar-refractivity contribution in [2.75, 3.05) is 0 Å². The van der Waals surface area contributed by atoms with Crippen LogP contribution in [0.1, 0.15) is 28.4 Å². The first kappa shape index (κ1) is 21.6. The van der Waals surface area contributed by atoms with Gasteiger partial charge in [-0.05, 0) is 43.3 Å². The number of halogens is 1. The van der Waals surface area contributed by atoms with Gasteiger partial charge in [-0.3, -0.25) is 9.59 Å². The molecule has 0 saturated heterocycles. The molecule has 0 aliphatic heterocycles. The van der Waals surface area contributed by atoms with E-state index in [4.69, 9.17) is 11.5 Å². The summed E-state index contributed by atoms with van der Waals surface area (Å²) in [6.07, 6.45) is 0. The van der Waals surface area contributed by atoms with Gasteiger partial charge >= 0.3 is 0 Å². The Morgan fingerprint density at radius 1 is 1.07 bits per heavy atom. The smallest absolute Gasteiger partial charge is 0.251 e. The van der Waals surface area contributed by atoms with E-state index in [1.54, 1.807) is 49.4 Å². The molecule has 5 N–H and O–H groups in total. The Morgan fingerprint density at radius 3 is 2.19 bits per heavy atom. The summed E-state index contributed by atoms with van der Waals surface area (Å²) in [4.78, 5) is 23.4. The minimum atomic E-state index is -0.951. The van der Waals surface area contributed by atoms with Crippen molar-refractivity contribution in [3.8, 4) is 11.8 Å². The molecule has 2 unspecified atom stereocenters. The average molecular weight is 367 g/mol. The maximum absolute atomic E-state index is 13.5. The van der Waals surface area contributed by atoms with E-state index in [2.05, 4.69) is 30.3 Å². The third-order valence-corrected chi connectivity index (χ3v) is 3.48. The van der Waals surface area contributed by atoms with E-state index in [1.165, 1.54) is 6.07 Å². The van der Waals surface area contributed by atoms with Gasteiger partial charge in [0.1, 0.15) is 11.9 Å². The summed E-state index contributed by atoms with van der Waals surface area (Å²) in [7, 11) is 0. The number of benzene rings is 2. The third kappa shape index (κ3) is 6.42. The molecule has 0 aliphatic rings. The molecule has 6 heteroatoms. The maximum Gasteiger partial charge on any atom is 0.251 e. The summed E-state index contributed by atoms with van der Waals surface area (Å²) < 4.78 is 13.5. The molecule has 0 bridgehead atoms. The predicted molar refractivity (Wildman–Crippen MR) is 104 cm³/mol. The number of nitrogens with one attached hydrogen (secondary N) is 1. The van der Waals surface area contributed by atoms with Gasteiger partial charge in [0, 0.05) is 17.2 Å². The van der Waals surface area contributed by atoms with Crippen molar-refractivity contribution in [1.82, 2.24) is 5.32 Å². The number of primary amides is 1. The molecule has 5 nitrogen and oxygen atoms in total. The molecule has 2 amide bonds. The zero-order valence-corrected chi connectivity index (χ0v) is 15.0. The molecule has 0 spiro atoms. The molecule has 2 atom stereocenters.